The minimum Gasteiger partial charge on any atom is -0.317 e. The molecule has 0 unspecified atom stereocenters. The average molecular weight is 954 g/mol. The Hall–Kier alpha value is -10.6. The number of aromatic nitrogens is 5. The van der Waals surface area contributed by atoms with Gasteiger partial charge in [0, 0.05) is 65.2 Å². The molecular formula is C68H39N7. The molecule has 0 fully saturated rings. The summed E-state index contributed by atoms with van der Waals surface area (Å²) in [4.78, 5) is 4.45. The van der Waals surface area contributed by atoms with Crippen molar-refractivity contribution >= 4 is 115 Å². The Kier molecular flexibility index (Phi) is 8.46. The fraction of sp³-hybridized carbons (Fsp3) is 0. The number of nitriles is 1. The number of hydrogen-bond donors (Lipinski definition) is 0. The maximum absolute atomic E-state index is 11.8. The zero-order valence-corrected chi connectivity index (χ0v) is 40.1. The summed E-state index contributed by atoms with van der Waals surface area (Å²) in [5, 5.41) is 22.8. The van der Waals surface area contributed by atoms with Crippen molar-refractivity contribution in [2.24, 2.45) is 0 Å². The monoisotopic (exact) mass is 953 g/mol. The summed E-state index contributed by atoms with van der Waals surface area (Å²) in [6.45, 7) is 9.21. The molecule has 346 valence electrons. The second kappa shape index (κ2) is 15.5. The van der Waals surface area contributed by atoms with Crippen molar-refractivity contribution in [3.8, 4) is 34.5 Å². The molecule has 0 radical (unpaired) electrons. The minimum atomic E-state index is 0.367. The van der Waals surface area contributed by atoms with Crippen LogP contribution in [-0.4, -0.2) is 22.8 Å². The van der Waals surface area contributed by atoms with E-state index in [-0.39, 0.29) is 0 Å². The number of rotatable bonds is 5. The third-order valence-electron chi connectivity index (χ3n) is 15.7. The highest BCUT2D eigenvalue weighted by Crippen LogP contribution is 2.50. The van der Waals surface area contributed by atoms with Crippen LogP contribution in [0.3, 0.4) is 0 Å². The van der Waals surface area contributed by atoms with Crippen LogP contribution in [0.2, 0.25) is 0 Å². The molecule has 0 saturated carbocycles. The van der Waals surface area contributed by atoms with Gasteiger partial charge in [0.25, 0.3) is 0 Å². The molecule has 0 aliphatic carbocycles. The van der Waals surface area contributed by atoms with E-state index in [1.807, 2.05) is 6.07 Å². The van der Waals surface area contributed by atoms with E-state index in [4.69, 9.17) is 0 Å². The molecular weight excluding hydrogens is 915 g/mol. The van der Waals surface area contributed by atoms with Gasteiger partial charge in [0.2, 0.25) is 5.69 Å². The van der Waals surface area contributed by atoms with Crippen molar-refractivity contribution in [1.29, 1.82) is 5.26 Å². The molecule has 75 heavy (non-hydrogen) atoms. The Morgan fingerprint density at radius 1 is 0.307 bits per heavy atom. The number of fused-ring (bicyclic) bond motifs is 17. The van der Waals surface area contributed by atoms with Gasteiger partial charge in [-0.1, -0.05) is 158 Å². The Morgan fingerprint density at radius 3 is 1.05 bits per heavy atom. The second-order valence-electron chi connectivity index (χ2n) is 19.4. The Bertz CT molecular complexity index is 4880. The Morgan fingerprint density at radius 2 is 0.640 bits per heavy atom. The van der Waals surface area contributed by atoms with Crippen molar-refractivity contribution in [3.05, 3.63) is 254 Å². The molecule has 0 aliphatic heterocycles. The molecule has 0 atom stereocenters. The van der Waals surface area contributed by atoms with Crippen LogP contribution in [0.15, 0.2) is 237 Å². The molecule has 0 amide bonds. The van der Waals surface area contributed by atoms with Gasteiger partial charge < -0.3 is 22.8 Å². The number of nitrogens with zero attached hydrogens (tertiary/aromatic N) is 7. The van der Waals surface area contributed by atoms with Crippen molar-refractivity contribution in [2.45, 2.75) is 0 Å². The zero-order valence-electron chi connectivity index (χ0n) is 40.1. The number of hydrogen-bond acceptors (Lipinski definition) is 1. The van der Waals surface area contributed by atoms with Gasteiger partial charge in [-0.25, -0.2) is 4.85 Å². The van der Waals surface area contributed by atoms with Crippen LogP contribution in [0.25, 0.3) is 142 Å². The van der Waals surface area contributed by atoms with Gasteiger partial charge in [0.05, 0.1) is 84.4 Å². The molecule has 0 bridgehead atoms. The van der Waals surface area contributed by atoms with E-state index in [0.29, 0.717) is 22.6 Å². The fourth-order valence-corrected chi connectivity index (χ4v) is 12.8. The van der Waals surface area contributed by atoms with Gasteiger partial charge >= 0.3 is 0 Å². The third-order valence-corrected chi connectivity index (χ3v) is 15.7. The Balaban J connectivity index is 1.15. The largest absolute Gasteiger partial charge is 0.317 e. The summed E-state index contributed by atoms with van der Waals surface area (Å²) >= 11 is 0. The predicted molar refractivity (Wildman–Crippen MR) is 309 cm³/mol. The summed E-state index contributed by atoms with van der Waals surface area (Å²) in [6, 6.07) is 86.2. The molecule has 7 heteroatoms. The second-order valence-corrected chi connectivity index (χ2v) is 19.4. The van der Waals surface area contributed by atoms with Gasteiger partial charge in [0.15, 0.2) is 0 Å². The van der Waals surface area contributed by atoms with Crippen LogP contribution in [0.4, 0.5) is 5.69 Å². The summed E-state index contributed by atoms with van der Waals surface area (Å²) in [5.74, 6) is 0. The van der Waals surface area contributed by atoms with Crippen LogP contribution in [0, 0.1) is 17.9 Å². The van der Waals surface area contributed by atoms with E-state index < -0.39 is 0 Å². The quantitative estimate of drug-likeness (QED) is 0.159. The summed E-state index contributed by atoms with van der Waals surface area (Å²) in [5.41, 5.74) is 15.1. The van der Waals surface area contributed by atoms with E-state index >= 15 is 0 Å². The Labute approximate surface area is 428 Å². The van der Waals surface area contributed by atoms with Crippen LogP contribution >= 0.6 is 0 Å². The first kappa shape index (κ1) is 41.1. The molecule has 5 aromatic heterocycles. The molecule has 7 nitrogen and oxygen atoms in total. The molecule has 11 aromatic carbocycles. The van der Waals surface area contributed by atoms with E-state index in [2.05, 4.69) is 264 Å². The van der Waals surface area contributed by atoms with Gasteiger partial charge in [-0.2, -0.15) is 5.26 Å². The standard InChI is InChI=1S/C68H39N7/c1-70-53-40-42(41-69)64(74-58-34-18-12-28-51(58)62-60(74)38-36-49-47-26-10-14-30-54(47)71(65(49)62)43-20-4-2-5-21-43)68(73-56-32-16-8-24-45(56)46-25-9-17-33-57(46)73)67(53)75-59-35-19-13-29-52(59)63-61(75)39-37-50-48-27-11-15-31-55(48)72(66(50)63)44-22-6-3-7-23-44/h2-40H. The van der Waals surface area contributed by atoms with Crippen molar-refractivity contribution in [1.82, 2.24) is 22.8 Å². The van der Waals surface area contributed by atoms with Crippen LogP contribution in [0.5, 0.6) is 0 Å². The SMILES string of the molecule is [C-]#[N+]c1cc(C#N)c(-n2c3ccccc3c3c2ccc2c4ccccc4n(-c4ccccc4)c23)c(-n2c3ccccc3c3ccccc32)c1-n1c2ccccc2c2c1ccc1c3ccccc3n(-c3ccccc3)c12. The fourth-order valence-electron chi connectivity index (χ4n) is 12.8. The highest BCUT2D eigenvalue weighted by molar-refractivity contribution is 6.28. The highest BCUT2D eigenvalue weighted by Gasteiger charge is 2.31. The van der Waals surface area contributed by atoms with Crippen LogP contribution in [0.1, 0.15) is 5.56 Å². The van der Waals surface area contributed by atoms with Crippen LogP contribution < -0.4 is 0 Å². The van der Waals surface area contributed by atoms with E-state index in [1.165, 1.54) is 0 Å². The zero-order chi connectivity index (χ0) is 49.5. The lowest BCUT2D eigenvalue weighted by Crippen LogP contribution is -2.11. The van der Waals surface area contributed by atoms with Gasteiger partial charge in [0.1, 0.15) is 6.07 Å². The first-order valence-corrected chi connectivity index (χ1v) is 25.2. The van der Waals surface area contributed by atoms with Crippen molar-refractivity contribution in [3.63, 3.8) is 0 Å². The summed E-state index contributed by atoms with van der Waals surface area (Å²) in [7, 11) is 0. The van der Waals surface area contributed by atoms with Crippen molar-refractivity contribution in [2.75, 3.05) is 0 Å². The van der Waals surface area contributed by atoms with Gasteiger partial charge in [-0.05, 0) is 78.9 Å². The lowest BCUT2D eigenvalue weighted by Gasteiger charge is -2.24. The van der Waals surface area contributed by atoms with Crippen LogP contribution in [-0.2, 0) is 0 Å². The maximum Gasteiger partial charge on any atom is 0.214 e. The molecule has 5 heterocycles. The van der Waals surface area contributed by atoms with E-state index in [1.54, 1.807) is 0 Å². The lowest BCUT2D eigenvalue weighted by molar-refractivity contribution is 1.05. The topological polar surface area (TPSA) is 52.8 Å². The predicted octanol–water partition coefficient (Wildman–Crippen LogP) is 17.6. The third kappa shape index (κ3) is 5.45. The molecule has 0 aliphatic rings. The van der Waals surface area contributed by atoms with E-state index in [0.717, 1.165) is 126 Å². The maximum atomic E-state index is 11.8. The minimum absolute atomic E-state index is 0.367. The average Bonchev–Trinajstić information content (AvgIpc) is 4.28. The molecule has 16 aromatic rings. The first-order valence-electron chi connectivity index (χ1n) is 25.2. The van der Waals surface area contributed by atoms with Crippen molar-refractivity contribution < 1.29 is 0 Å². The molecule has 0 spiro atoms. The molecule has 0 saturated heterocycles. The molecule has 16 rings (SSSR count). The normalized spacial score (nSPS) is 12.0. The lowest BCUT2D eigenvalue weighted by atomic mass is 10.1. The first-order chi connectivity index (χ1) is 37.2. The number of benzene rings is 11. The van der Waals surface area contributed by atoms with Gasteiger partial charge in [-0.3, -0.25) is 0 Å². The molecule has 0 N–H and O–H groups in total. The highest BCUT2D eigenvalue weighted by atomic mass is 15.1. The van der Waals surface area contributed by atoms with E-state index in [9.17, 15) is 11.8 Å². The number of para-hydroxylation sites is 8. The smallest absolute Gasteiger partial charge is 0.214 e. The van der Waals surface area contributed by atoms with Gasteiger partial charge in [-0.15, -0.1) is 0 Å². The summed E-state index contributed by atoms with van der Waals surface area (Å²) in [6.07, 6.45) is 0. The summed E-state index contributed by atoms with van der Waals surface area (Å²) < 4.78 is 11.7.